The van der Waals surface area contributed by atoms with E-state index in [9.17, 15) is 19.5 Å². The molecule has 2 unspecified atom stereocenters. The van der Waals surface area contributed by atoms with E-state index < -0.39 is 29.9 Å². The maximum absolute atomic E-state index is 13.0. The Labute approximate surface area is 193 Å². The van der Waals surface area contributed by atoms with Gasteiger partial charge in [-0.3, -0.25) is 4.79 Å². The molecule has 0 radical (unpaired) electrons. The second kappa shape index (κ2) is 11.2. The zero-order chi connectivity index (χ0) is 23.8. The van der Waals surface area contributed by atoms with E-state index in [2.05, 4.69) is 17.2 Å². The van der Waals surface area contributed by atoms with Crippen molar-refractivity contribution in [3.8, 4) is 0 Å². The molecule has 2 aromatic rings. The van der Waals surface area contributed by atoms with Crippen LogP contribution in [0.25, 0.3) is 0 Å². The number of amides is 3. The van der Waals surface area contributed by atoms with Crippen molar-refractivity contribution in [3.05, 3.63) is 84.2 Å². The first-order valence-corrected chi connectivity index (χ1v) is 11.0. The Morgan fingerprint density at radius 3 is 2.06 bits per heavy atom. The highest BCUT2D eigenvalue weighted by atomic mass is 16.4. The van der Waals surface area contributed by atoms with E-state index in [0.717, 1.165) is 16.0 Å². The van der Waals surface area contributed by atoms with Gasteiger partial charge >= 0.3 is 12.0 Å². The number of carbonyl (C=O) groups is 3. The molecule has 174 valence electrons. The Balaban J connectivity index is 1.67. The van der Waals surface area contributed by atoms with E-state index in [0.29, 0.717) is 38.0 Å². The van der Waals surface area contributed by atoms with Gasteiger partial charge in [0.25, 0.3) is 0 Å². The maximum Gasteiger partial charge on any atom is 0.327 e. The number of nitrogens with one attached hydrogen (secondary N) is 2. The second-order valence-electron chi connectivity index (χ2n) is 8.22. The summed E-state index contributed by atoms with van der Waals surface area (Å²) in [6.45, 7) is 4.01. The van der Waals surface area contributed by atoms with Gasteiger partial charge in [-0.2, -0.15) is 0 Å². The summed E-state index contributed by atoms with van der Waals surface area (Å²) in [7, 11) is 0. The van der Waals surface area contributed by atoms with Gasteiger partial charge in [0.05, 0.1) is 11.7 Å². The third kappa shape index (κ3) is 6.35. The monoisotopic (exact) mass is 450 g/mol. The Bertz CT molecular complexity index is 939. The summed E-state index contributed by atoms with van der Waals surface area (Å²) in [5.74, 6) is -2.07. The van der Waals surface area contributed by atoms with Gasteiger partial charge in [-0.1, -0.05) is 67.2 Å². The molecule has 5 N–H and O–H groups in total. The second-order valence-corrected chi connectivity index (χ2v) is 8.22. The van der Waals surface area contributed by atoms with Crippen LogP contribution >= 0.6 is 0 Å². The maximum atomic E-state index is 13.0. The minimum absolute atomic E-state index is 0.302. The first-order valence-electron chi connectivity index (χ1n) is 11.0. The van der Waals surface area contributed by atoms with Crippen molar-refractivity contribution in [3.63, 3.8) is 0 Å². The van der Waals surface area contributed by atoms with E-state index in [1.807, 2.05) is 60.7 Å². The van der Waals surface area contributed by atoms with Crippen LogP contribution in [0.5, 0.6) is 0 Å². The minimum Gasteiger partial charge on any atom is -0.480 e. The van der Waals surface area contributed by atoms with Crippen molar-refractivity contribution >= 4 is 17.9 Å². The number of carboxylic acid groups (broad SMARTS) is 1. The molecule has 2 aromatic carbocycles. The Morgan fingerprint density at radius 2 is 1.58 bits per heavy atom. The molecule has 0 aromatic heterocycles. The fourth-order valence-corrected chi connectivity index (χ4v) is 4.13. The van der Waals surface area contributed by atoms with Crippen molar-refractivity contribution in [2.24, 2.45) is 11.7 Å². The summed E-state index contributed by atoms with van der Waals surface area (Å²) in [6, 6.07) is 17.3. The van der Waals surface area contributed by atoms with Gasteiger partial charge in [0.1, 0.15) is 0 Å². The molecule has 33 heavy (non-hydrogen) atoms. The number of likely N-dealkylation sites (tertiary alicyclic amines) is 1. The van der Waals surface area contributed by atoms with E-state index >= 15 is 0 Å². The molecular formula is C25H30N4O4. The van der Waals surface area contributed by atoms with Gasteiger partial charge in [-0.05, 0) is 36.8 Å². The third-order valence-corrected chi connectivity index (χ3v) is 5.71. The number of aliphatic carboxylic acids is 1. The summed E-state index contributed by atoms with van der Waals surface area (Å²) in [5.41, 5.74) is 7.52. The van der Waals surface area contributed by atoms with Gasteiger partial charge in [0, 0.05) is 12.6 Å². The number of carboxylic acids is 1. The third-order valence-electron chi connectivity index (χ3n) is 5.71. The number of carbonyl (C=O) groups excluding carboxylic acids is 2. The average molecular weight is 451 g/mol. The van der Waals surface area contributed by atoms with Crippen LogP contribution in [0.1, 0.15) is 24.0 Å². The van der Waals surface area contributed by atoms with Crippen LogP contribution in [0.2, 0.25) is 0 Å². The van der Waals surface area contributed by atoms with Crippen LogP contribution in [-0.4, -0.2) is 46.5 Å². The van der Waals surface area contributed by atoms with Crippen LogP contribution < -0.4 is 16.4 Å². The van der Waals surface area contributed by atoms with E-state index in [4.69, 9.17) is 5.73 Å². The number of benzene rings is 2. The first-order chi connectivity index (χ1) is 15.9. The van der Waals surface area contributed by atoms with Crippen LogP contribution in [0.3, 0.4) is 0 Å². The summed E-state index contributed by atoms with van der Waals surface area (Å²) in [4.78, 5) is 38.4. The molecule has 0 saturated carbocycles. The quantitative estimate of drug-likeness (QED) is 0.307. The highest BCUT2D eigenvalue weighted by molar-refractivity contribution is 6.07. The largest absolute Gasteiger partial charge is 0.480 e. The lowest BCUT2D eigenvalue weighted by Crippen LogP contribution is -2.68. The first kappa shape index (κ1) is 23.8. The predicted molar refractivity (Wildman–Crippen MR) is 125 cm³/mol. The van der Waals surface area contributed by atoms with Crippen LogP contribution in [-0.2, 0) is 22.4 Å². The normalized spacial score (nSPS) is 17.4. The lowest BCUT2D eigenvalue weighted by molar-refractivity contribution is -0.166. The molecule has 3 amide bonds. The van der Waals surface area contributed by atoms with Crippen molar-refractivity contribution in [1.82, 2.24) is 15.5 Å². The molecule has 8 nitrogen and oxygen atoms in total. The summed E-state index contributed by atoms with van der Waals surface area (Å²) >= 11 is 0. The SMILES string of the molecule is C=C(N)NCCCC1C(=O)N(C(=O)NC(Cc2ccccc2)Cc2ccccc2)C1C(=O)O. The molecule has 1 aliphatic rings. The standard InChI is InChI=1S/C25H30N4O4/c1-17(26)27-14-8-13-21-22(24(31)32)29(23(21)30)25(33)28-20(15-18-9-4-2-5-10-18)16-19-11-6-3-7-12-19/h2-7,9-12,20-22,27H,1,8,13-16,26H2,(H,28,33)(H,31,32). The van der Waals surface area contributed by atoms with E-state index in [1.165, 1.54) is 0 Å². The van der Waals surface area contributed by atoms with Crippen molar-refractivity contribution < 1.29 is 19.5 Å². The fraction of sp³-hybridized carbons (Fsp3) is 0.320. The van der Waals surface area contributed by atoms with Crippen molar-refractivity contribution in [1.29, 1.82) is 0 Å². The number of nitrogens with two attached hydrogens (primary N) is 1. The fourth-order valence-electron chi connectivity index (χ4n) is 4.13. The highest BCUT2D eigenvalue weighted by Gasteiger charge is 2.54. The number of nitrogens with zero attached hydrogens (tertiary/aromatic N) is 1. The number of urea groups is 1. The highest BCUT2D eigenvalue weighted by Crippen LogP contribution is 2.31. The summed E-state index contributed by atoms with van der Waals surface area (Å²) < 4.78 is 0. The molecule has 0 aliphatic carbocycles. The van der Waals surface area contributed by atoms with Crippen molar-refractivity contribution in [2.45, 2.75) is 37.8 Å². The van der Waals surface area contributed by atoms with Crippen LogP contribution in [0.4, 0.5) is 4.79 Å². The number of β-lactam (4-membered cyclic amide) rings is 1. The lowest BCUT2D eigenvalue weighted by atomic mass is 9.84. The summed E-state index contributed by atoms with van der Waals surface area (Å²) in [5, 5.41) is 15.4. The number of imide groups is 1. The number of hydrogen-bond acceptors (Lipinski definition) is 5. The van der Waals surface area contributed by atoms with Gasteiger partial charge < -0.3 is 21.5 Å². The van der Waals surface area contributed by atoms with E-state index in [-0.39, 0.29) is 6.04 Å². The average Bonchev–Trinajstić information content (AvgIpc) is 2.77. The zero-order valence-corrected chi connectivity index (χ0v) is 18.4. The molecule has 0 spiro atoms. The molecule has 2 atom stereocenters. The molecule has 1 aliphatic heterocycles. The van der Waals surface area contributed by atoms with Gasteiger partial charge in [-0.15, -0.1) is 0 Å². The van der Waals surface area contributed by atoms with Crippen LogP contribution in [0.15, 0.2) is 73.1 Å². The molecule has 8 heteroatoms. The zero-order valence-electron chi connectivity index (χ0n) is 18.4. The Hall–Kier alpha value is -3.81. The minimum atomic E-state index is -1.19. The van der Waals surface area contributed by atoms with E-state index in [1.54, 1.807) is 0 Å². The number of hydrogen-bond donors (Lipinski definition) is 4. The van der Waals surface area contributed by atoms with Crippen LogP contribution in [0, 0.1) is 5.92 Å². The Morgan fingerprint density at radius 1 is 1.03 bits per heavy atom. The summed E-state index contributed by atoms with van der Waals surface area (Å²) in [6.07, 6.45) is 1.99. The molecule has 3 rings (SSSR count). The molecule has 0 bridgehead atoms. The number of rotatable bonds is 11. The predicted octanol–water partition coefficient (Wildman–Crippen LogP) is 2.26. The smallest absolute Gasteiger partial charge is 0.327 e. The lowest BCUT2D eigenvalue weighted by Gasteiger charge is -2.43. The van der Waals surface area contributed by atoms with Gasteiger partial charge in [-0.25, -0.2) is 14.5 Å². The Kier molecular flexibility index (Phi) is 8.07. The molecule has 1 heterocycles. The van der Waals surface area contributed by atoms with Gasteiger partial charge in [0.15, 0.2) is 6.04 Å². The topological polar surface area (TPSA) is 125 Å². The van der Waals surface area contributed by atoms with Gasteiger partial charge in [0.2, 0.25) is 5.91 Å². The van der Waals surface area contributed by atoms with Crippen molar-refractivity contribution in [2.75, 3.05) is 6.54 Å². The molecule has 1 saturated heterocycles. The molecule has 1 fully saturated rings. The molecular weight excluding hydrogens is 420 g/mol.